The van der Waals surface area contributed by atoms with Crippen LogP contribution in [-0.4, -0.2) is 18.3 Å². The van der Waals surface area contributed by atoms with Gasteiger partial charge in [0.15, 0.2) is 0 Å². The standard InChI is InChI=1S/C13H19NO/c14-10-13(7-1-8-13)12-4-2-11(3-5-12)6-9-15/h2-5,15H,1,6-10,14H2. The van der Waals surface area contributed by atoms with Gasteiger partial charge in [-0.05, 0) is 30.4 Å². The highest BCUT2D eigenvalue weighted by atomic mass is 16.2. The Morgan fingerprint density at radius 3 is 2.27 bits per heavy atom. The first-order valence-electron chi connectivity index (χ1n) is 5.71. The number of nitrogens with two attached hydrogens (primary N) is 1. The fourth-order valence-corrected chi connectivity index (χ4v) is 2.37. The molecule has 3 N–H and O–H groups in total. The lowest BCUT2D eigenvalue weighted by Crippen LogP contribution is -2.41. The minimum atomic E-state index is 0.224. The molecule has 0 aromatic heterocycles. The SMILES string of the molecule is NCC1(c2ccc(CCO)cc2)CCC1. The molecule has 0 atom stereocenters. The first-order chi connectivity index (χ1) is 7.30. The van der Waals surface area contributed by atoms with E-state index in [1.165, 1.54) is 30.4 Å². The van der Waals surface area contributed by atoms with E-state index in [9.17, 15) is 0 Å². The number of benzene rings is 1. The zero-order valence-electron chi connectivity index (χ0n) is 9.08. The summed E-state index contributed by atoms with van der Waals surface area (Å²) < 4.78 is 0. The number of aliphatic hydroxyl groups is 1. The Balaban J connectivity index is 2.15. The topological polar surface area (TPSA) is 46.2 Å². The largest absolute Gasteiger partial charge is 0.396 e. The Hall–Kier alpha value is -0.860. The first kappa shape index (κ1) is 10.7. The lowest BCUT2D eigenvalue weighted by molar-refractivity contribution is 0.253. The summed E-state index contributed by atoms with van der Waals surface area (Å²) in [5.74, 6) is 0. The van der Waals surface area contributed by atoms with Crippen molar-refractivity contribution >= 4 is 0 Å². The molecule has 1 aliphatic carbocycles. The van der Waals surface area contributed by atoms with Crippen LogP contribution in [0.2, 0.25) is 0 Å². The molecule has 1 aromatic carbocycles. The first-order valence-corrected chi connectivity index (χ1v) is 5.71. The number of rotatable bonds is 4. The average molecular weight is 205 g/mol. The van der Waals surface area contributed by atoms with Gasteiger partial charge in [-0.25, -0.2) is 0 Å². The van der Waals surface area contributed by atoms with Crippen molar-refractivity contribution in [2.24, 2.45) is 5.73 Å². The molecule has 82 valence electrons. The van der Waals surface area contributed by atoms with Crippen LogP contribution in [0.25, 0.3) is 0 Å². The molecule has 15 heavy (non-hydrogen) atoms. The molecular weight excluding hydrogens is 186 g/mol. The van der Waals surface area contributed by atoms with Crippen LogP contribution in [0.15, 0.2) is 24.3 Å². The Bertz CT molecular complexity index is 308. The van der Waals surface area contributed by atoms with Crippen LogP contribution in [-0.2, 0) is 11.8 Å². The molecule has 2 heteroatoms. The lowest BCUT2D eigenvalue weighted by Gasteiger charge is -2.41. The molecular formula is C13H19NO. The molecule has 0 amide bonds. The van der Waals surface area contributed by atoms with Crippen molar-refractivity contribution in [3.05, 3.63) is 35.4 Å². The molecule has 1 aromatic rings. The lowest BCUT2D eigenvalue weighted by atomic mass is 9.64. The van der Waals surface area contributed by atoms with E-state index in [1.807, 2.05) is 0 Å². The van der Waals surface area contributed by atoms with Crippen LogP contribution in [0.4, 0.5) is 0 Å². The maximum Gasteiger partial charge on any atom is 0.0471 e. The highest BCUT2D eigenvalue weighted by molar-refractivity contribution is 5.31. The van der Waals surface area contributed by atoms with Gasteiger partial charge in [-0.2, -0.15) is 0 Å². The summed E-state index contributed by atoms with van der Waals surface area (Å²) in [7, 11) is 0. The van der Waals surface area contributed by atoms with Gasteiger partial charge in [-0.1, -0.05) is 30.7 Å². The fraction of sp³-hybridized carbons (Fsp3) is 0.538. The zero-order valence-corrected chi connectivity index (χ0v) is 9.08. The van der Waals surface area contributed by atoms with E-state index >= 15 is 0 Å². The maximum absolute atomic E-state index is 8.83. The Kier molecular flexibility index (Phi) is 3.08. The molecule has 2 rings (SSSR count). The zero-order chi connectivity index (χ0) is 10.7. The Labute approximate surface area is 91.1 Å². The van der Waals surface area contributed by atoms with E-state index < -0.39 is 0 Å². The monoisotopic (exact) mass is 205 g/mol. The maximum atomic E-state index is 8.83. The van der Waals surface area contributed by atoms with Crippen molar-refractivity contribution in [2.45, 2.75) is 31.1 Å². The third kappa shape index (κ3) is 1.92. The minimum Gasteiger partial charge on any atom is -0.396 e. The summed E-state index contributed by atoms with van der Waals surface area (Å²) in [4.78, 5) is 0. The summed E-state index contributed by atoms with van der Waals surface area (Å²) in [6.45, 7) is 0.980. The van der Waals surface area contributed by atoms with Crippen molar-refractivity contribution in [2.75, 3.05) is 13.2 Å². The number of hydrogen-bond donors (Lipinski definition) is 2. The van der Waals surface area contributed by atoms with Gasteiger partial charge in [0.2, 0.25) is 0 Å². The van der Waals surface area contributed by atoms with E-state index in [1.54, 1.807) is 0 Å². The molecule has 1 fully saturated rings. The second kappa shape index (κ2) is 4.33. The average Bonchev–Trinajstić information content (AvgIpc) is 2.20. The van der Waals surface area contributed by atoms with E-state index in [-0.39, 0.29) is 12.0 Å². The van der Waals surface area contributed by atoms with E-state index in [0.717, 1.165) is 13.0 Å². The van der Waals surface area contributed by atoms with Gasteiger partial charge >= 0.3 is 0 Å². The summed E-state index contributed by atoms with van der Waals surface area (Å²) in [6.07, 6.45) is 4.50. The van der Waals surface area contributed by atoms with Gasteiger partial charge in [0.1, 0.15) is 0 Å². The molecule has 0 aliphatic heterocycles. The molecule has 0 spiro atoms. The molecule has 0 unspecified atom stereocenters. The smallest absolute Gasteiger partial charge is 0.0471 e. The highest BCUT2D eigenvalue weighted by Gasteiger charge is 2.36. The Morgan fingerprint density at radius 1 is 1.20 bits per heavy atom. The van der Waals surface area contributed by atoms with E-state index in [2.05, 4.69) is 24.3 Å². The van der Waals surface area contributed by atoms with Crippen molar-refractivity contribution in [3.8, 4) is 0 Å². The van der Waals surface area contributed by atoms with Gasteiger partial charge in [0.25, 0.3) is 0 Å². The summed E-state index contributed by atoms with van der Waals surface area (Å²) in [5.41, 5.74) is 8.69. The van der Waals surface area contributed by atoms with Gasteiger partial charge in [-0.3, -0.25) is 0 Å². The molecule has 0 heterocycles. The summed E-state index contributed by atoms with van der Waals surface area (Å²) >= 11 is 0. The second-order valence-electron chi connectivity index (χ2n) is 4.51. The van der Waals surface area contributed by atoms with Gasteiger partial charge in [0, 0.05) is 18.6 Å². The van der Waals surface area contributed by atoms with Crippen molar-refractivity contribution in [1.29, 1.82) is 0 Å². The number of aliphatic hydroxyl groups excluding tert-OH is 1. The number of hydrogen-bond acceptors (Lipinski definition) is 2. The van der Waals surface area contributed by atoms with Crippen molar-refractivity contribution in [1.82, 2.24) is 0 Å². The molecule has 1 saturated carbocycles. The third-order valence-corrected chi connectivity index (χ3v) is 3.67. The summed E-state index contributed by atoms with van der Waals surface area (Å²) in [5, 5.41) is 8.83. The van der Waals surface area contributed by atoms with Crippen LogP contribution in [0.1, 0.15) is 30.4 Å². The Morgan fingerprint density at radius 2 is 1.87 bits per heavy atom. The second-order valence-corrected chi connectivity index (χ2v) is 4.51. The van der Waals surface area contributed by atoms with Crippen molar-refractivity contribution < 1.29 is 5.11 Å². The van der Waals surface area contributed by atoms with Crippen LogP contribution in [0, 0.1) is 0 Å². The molecule has 1 aliphatic rings. The molecule has 0 bridgehead atoms. The van der Waals surface area contributed by atoms with Crippen LogP contribution < -0.4 is 5.73 Å². The molecule has 0 saturated heterocycles. The van der Waals surface area contributed by atoms with Crippen molar-refractivity contribution in [3.63, 3.8) is 0 Å². The highest BCUT2D eigenvalue weighted by Crippen LogP contribution is 2.42. The predicted octanol–water partition coefficient (Wildman–Crippen LogP) is 1.60. The quantitative estimate of drug-likeness (QED) is 0.784. The molecule has 0 radical (unpaired) electrons. The van der Waals surface area contributed by atoms with Crippen LogP contribution in [0.5, 0.6) is 0 Å². The predicted molar refractivity (Wildman–Crippen MR) is 61.8 cm³/mol. The van der Waals surface area contributed by atoms with E-state index in [4.69, 9.17) is 10.8 Å². The van der Waals surface area contributed by atoms with E-state index in [0.29, 0.717) is 0 Å². The normalized spacial score (nSPS) is 18.5. The van der Waals surface area contributed by atoms with Crippen LogP contribution in [0.3, 0.4) is 0 Å². The minimum absolute atomic E-state index is 0.224. The van der Waals surface area contributed by atoms with Gasteiger partial charge < -0.3 is 10.8 Å². The van der Waals surface area contributed by atoms with Gasteiger partial charge in [0.05, 0.1) is 0 Å². The summed E-state index contributed by atoms with van der Waals surface area (Å²) in [6, 6.07) is 8.58. The van der Waals surface area contributed by atoms with Crippen LogP contribution >= 0.6 is 0 Å². The fourth-order valence-electron chi connectivity index (χ4n) is 2.37. The molecule has 2 nitrogen and oxygen atoms in total. The van der Waals surface area contributed by atoms with Gasteiger partial charge in [-0.15, -0.1) is 0 Å². The third-order valence-electron chi connectivity index (χ3n) is 3.67.